The summed E-state index contributed by atoms with van der Waals surface area (Å²) in [6.45, 7) is 4.89. The molecule has 6 heteroatoms. The zero-order valence-electron chi connectivity index (χ0n) is 10.1. The number of carbonyl (C=O) groups is 1. The van der Waals surface area contributed by atoms with Gasteiger partial charge in [0.2, 0.25) is 5.28 Å². The standard InChI is InChI=1S/C12H13ClN4O/c1-6(2)8-5-17-9(11(18)15-8)3-7-4-14-12(13)16-10(7)17/h3-4,6,8H,5H2,1-2H3,(H,15,18)/t8-/m1/s1. The Morgan fingerprint density at radius 3 is 3.06 bits per heavy atom. The molecule has 0 saturated carbocycles. The lowest BCUT2D eigenvalue weighted by Crippen LogP contribution is -2.46. The summed E-state index contributed by atoms with van der Waals surface area (Å²) in [5, 5.41) is 4.05. The van der Waals surface area contributed by atoms with Crippen LogP contribution in [0.4, 0.5) is 0 Å². The molecule has 1 atom stereocenters. The lowest BCUT2D eigenvalue weighted by atomic mass is 10.0. The van der Waals surface area contributed by atoms with Crippen molar-refractivity contribution in [3.8, 4) is 0 Å². The molecular weight excluding hydrogens is 252 g/mol. The number of hydrogen-bond donors (Lipinski definition) is 1. The fourth-order valence-electron chi connectivity index (χ4n) is 2.25. The van der Waals surface area contributed by atoms with Crippen LogP contribution in [-0.4, -0.2) is 26.5 Å². The van der Waals surface area contributed by atoms with Crippen LogP contribution in [0.1, 0.15) is 24.3 Å². The van der Waals surface area contributed by atoms with Crippen LogP contribution in [0.3, 0.4) is 0 Å². The Hall–Kier alpha value is -1.62. The first-order valence-corrected chi connectivity index (χ1v) is 6.26. The number of nitrogens with zero attached hydrogens (tertiary/aromatic N) is 3. The molecule has 94 valence electrons. The maximum Gasteiger partial charge on any atom is 0.268 e. The Morgan fingerprint density at radius 1 is 1.56 bits per heavy atom. The molecule has 0 aromatic carbocycles. The molecule has 1 aliphatic rings. The summed E-state index contributed by atoms with van der Waals surface area (Å²) in [7, 11) is 0. The number of nitrogens with one attached hydrogen (secondary N) is 1. The van der Waals surface area contributed by atoms with Crippen molar-refractivity contribution in [2.45, 2.75) is 26.4 Å². The van der Waals surface area contributed by atoms with Gasteiger partial charge in [0.05, 0.1) is 0 Å². The summed E-state index contributed by atoms with van der Waals surface area (Å²) >= 11 is 5.82. The van der Waals surface area contributed by atoms with E-state index in [-0.39, 0.29) is 17.2 Å². The molecule has 3 heterocycles. The van der Waals surface area contributed by atoms with E-state index in [4.69, 9.17) is 11.6 Å². The summed E-state index contributed by atoms with van der Waals surface area (Å²) in [4.78, 5) is 20.2. The molecule has 1 amide bonds. The second-order valence-corrected chi connectivity index (χ2v) is 5.22. The van der Waals surface area contributed by atoms with Gasteiger partial charge < -0.3 is 9.88 Å². The maximum absolute atomic E-state index is 12.0. The van der Waals surface area contributed by atoms with Gasteiger partial charge in [0.15, 0.2) is 0 Å². The second-order valence-electron chi connectivity index (χ2n) is 4.88. The van der Waals surface area contributed by atoms with Crippen LogP contribution in [0.15, 0.2) is 12.3 Å². The quantitative estimate of drug-likeness (QED) is 0.800. The van der Waals surface area contributed by atoms with Gasteiger partial charge in [0, 0.05) is 24.2 Å². The SMILES string of the molecule is CC(C)[C@H]1Cn2c(cc3cnc(Cl)nc32)C(=O)N1. The average Bonchev–Trinajstić information content (AvgIpc) is 2.68. The van der Waals surface area contributed by atoms with Gasteiger partial charge in [0.1, 0.15) is 11.3 Å². The minimum atomic E-state index is -0.0610. The highest BCUT2D eigenvalue weighted by Crippen LogP contribution is 2.23. The van der Waals surface area contributed by atoms with Crippen molar-refractivity contribution >= 4 is 28.5 Å². The normalized spacial score (nSPS) is 19.1. The number of hydrogen-bond acceptors (Lipinski definition) is 3. The van der Waals surface area contributed by atoms with E-state index >= 15 is 0 Å². The molecule has 0 unspecified atom stereocenters. The molecule has 3 rings (SSSR count). The fraction of sp³-hybridized carbons (Fsp3) is 0.417. The highest BCUT2D eigenvalue weighted by molar-refractivity contribution is 6.28. The van der Waals surface area contributed by atoms with Gasteiger partial charge >= 0.3 is 0 Å². The first kappa shape index (κ1) is 11.5. The molecule has 5 nitrogen and oxygen atoms in total. The molecule has 0 radical (unpaired) electrons. The Morgan fingerprint density at radius 2 is 2.33 bits per heavy atom. The van der Waals surface area contributed by atoms with Crippen molar-refractivity contribution in [3.05, 3.63) is 23.2 Å². The highest BCUT2D eigenvalue weighted by atomic mass is 35.5. The third-order valence-electron chi connectivity index (χ3n) is 3.34. The van der Waals surface area contributed by atoms with Crippen LogP contribution >= 0.6 is 11.6 Å². The lowest BCUT2D eigenvalue weighted by Gasteiger charge is -2.28. The van der Waals surface area contributed by atoms with Gasteiger partial charge in [-0.05, 0) is 23.6 Å². The summed E-state index contributed by atoms with van der Waals surface area (Å²) in [5.41, 5.74) is 1.35. The topological polar surface area (TPSA) is 59.8 Å². The predicted octanol–water partition coefficient (Wildman–Crippen LogP) is 1.85. The number of rotatable bonds is 1. The number of aromatic nitrogens is 3. The smallest absolute Gasteiger partial charge is 0.268 e. The molecule has 0 bridgehead atoms. The number of amides is 1. The zero-order valence-corrected chi connectivity index (χ0v) is 10.9. The molecule has 2 aromatic heterocycles. The molecule has 1 N–H and O–H groups in total. The molecule has 0 aliphatic carbocycles. The van der Waals surface area contributed by atoms with E-state index in [2.05, 4.69) is 29.1 Å². The lowest BCUT2D eigenvalue weighted by molar-refractivity contribution is 0.0885. The van der Waals surface area contributed by atoms with Crippen molar-refractivity contribution in [3.63, 3.8) is 0 Å². The molecular formula is C12H13ClN4O. The van der Waals surface area contributed by atoms with E-state index in [0.717, 1.165) is 17.6 Å². The average molecular weight is 265 g/mol. The Bertz CT molecular complexity index is 634. The van der Waals surface area contributed by atoms with E-state index in [1.807, 2.05) is 4.57 Å². The van der Waals surface area contributed by atoms with E-state index in [1.54, 1.807) is 12.3 Å². The molecule has 2 aromatic rings. The van der Waals surface area contributed by atoms with Crippen LogP contribution in [0, 0.1) is 5.92 Å². The van der Waals surface area contributed by atoms with Crippen molar-refractivity contribution in [1.29, 1.82) is 0 Å². The molecule has 1 aliphatic heterocycles. The van der Waals surface area contributed by atoms with Crippen molar-refractivity contribution < 1.29 is 4.79 Å². The van der Waals surface area contributed by atoms with Gasteiger partial charge in [-0.15, -0.1) is 0 Å². The number of halogens is 1. The van der Waals surface area contributed by atoms with Crippen LogP contribution in [0.2, 0.25) is 5.28 Å². The van der Waals surface area contributed by atoms with Crippen LogP contribution < -0.4 is 5.32 Å². The summed E-state index contributed by atoms with van der Waals surface area (Å²) in [6, 6.07) is 1.92. The van der Waals surface area contributed by atoms with Crippen LogP contribution in [0.25, 0.3) is 11.0 Å². The minimum Gasteiger partial charge on any atom is -0.346 e. The van der Waals surface area contributed by atoms with Gasteiger partial charge in [-0.3, -0.25) is 4.79 Å². The molecule has 0 spiro atoms. The maximum atomic E-state index is 12.0. The fourth-order valence-corrected chi connectivity index (χ4v) is 2.38. The summed E-state index contributed by atoms with van der Waals surface area (Å²) in [6.07, 6.45) is 1.65. The van der Waals surface area contributed by atoms with Gasteiger partial charge in [-0.25, -0.2) is 4.98 Å². The second kappa shape index (κ2) is 3.95. The summed E-state index contributed by atoms with van der Waals surface area (Å²) < 4.78 is 1.92. The van der Waals surface area contributed by atoms with Gasteiger partial charge in [-0.1, -0.05) is 13.8 Å². The minimum absolute atomic E-state index is 0.0610. The first-order chi connectivity index (χ1) is 8.56. The van der Waals surface area contributed by atoms with Gasteiger partial charge in [-0.2, -0.15) is 4.98 Å². The Kier molecular flexibility index (Phi) is 2.52. The highest BCUT2D eigenvalue weighted by Gasteiger charge is 2.28. The summed E-state index contributed by atoms with van der Waals surface area (Å²) in [5.74, 6) is 0.311. The number of carbonyl (C=O) groups excluding carboxylic acids is 1. The zero-order chi connectivity index (χ0) is 12.9. The first-order valence-electron chi connectivity index (χ1n) is 5.89. The molecule has 0 saturated heterocycles. The predicted molar refractivity (Wildman–Crippen MR) is 68.6 cm³/mol. The van der Waals surface area contributed by atoms with Crippen molar-refractivity contribution in [2.75, 3.05) is 0 Å². The van der Waals surface area contributed by atoms with Crippen molar-refractivity contribution in [2.24, 2.45) is 5.92 Å². The van der Waals surface area contributed by atoms with E-state index in [9.17, 15) is 4.79 Å². The van der Waals surface area contributed by atoms with E-state index < -0.39 is 0 Å². The monoisotopic (exact) mass is 264 g/mol. The van der Waals surface area contributed by atoms with Crippen molar-refractivity contribution in [1.82, 2.24) is 19.9 Å². The van der Waals surface area contributed by atoms with E-state index in [0.29, 0.717) is 11.6 Å². The molecule has 18 heavy (non-hydrogen) atoms. The third-order valence-corrected chi connectivity index (χ3v) is 3.52. The third kappa shape index (κ3) is 1.66. The van der Waals surface area contributed by atoms with E-state index in [1.165, 1.54) is 0 Å². The molecule has 0 fully saturated rings. The van der Waals surface area contributed by atoms with Crippen LogP contribution in [-0.2, 0) is 6.54 Å². The van der Waals surface area contributed by atoms with Crippen LogP contribution in [0.5, 0.6) is 0 Å². The largest absolute Gasteiger partial charge is 0.346 e. The number of fused-ring (bicyclic) bond motifs is 3. The Labute approximate surface area is 109 Å². The Balaban J connectivity index is 2.18. The van der Waals surface area contributed by atoms with Gasteiger partial charge in [0.25, 0.3) is 5.91 Å².